The number of hydrogen-bond acceptors (Lipinski definition) is 0. The van der Waals surface area contributed by atoms with Crippen molar-refractivity contribution in [2.24, 2.45) is 43.8 Å². The zero-order chi connectivity index (χ0) is 36.4. The van der Waals surface area contributed by atoms with Crippen LogP contribution in [0.1, 0.15) is 91.0 Å². The second-order valence-corrected chi connectivity index (χ2v) is 24.6. The van der Waals surface area contributed by atoms with Gasteiger partial charge in [-0.2, -0.15) is 0 Å². The molecule has 0 radical (unpaired) electrons. The van der Waals surface area contributed by atoms with E-state index in [-0.39, 0.29) is 62.7 Å². The van der Waals surface area contributed by atoms with Crippen molar-refractivity contribution >= 4 is 3.21 Å². The van der Waals surface area contributed by atoms with Crippen LogP contribution in [0.5, 0.6) is 0 Å². The Morgan fingerprint density at radius 2 is 1.08 bits per heavy atom. The number of halogens is 2. The normalized spacial score (nSPS) is 39.5. The summed E-state index contributed by atoms with van der Waals surface area (Å²) in [5.41, 5.74) is 7.97. The maximum Gasteiger partial charge on any atom is -1.00 e. The molecule has 0 N–H and O–H groups in total. The van der Waals surface area contributed by atoms with Crippen LogP contribution in [-0.2, 0) is 21.3 Å². The number of rotatable bonds is 4. The topological polar surface area (TPSA) is 0 Å². The van der Waals surface area contributed by atoms with Crippen LogP contribution in [0.25, 0.3) is 0 Å². The molecule has 0 saturated heterocycles. The fraction of sp³-hybridized carbons (Fsp3) is 0.420. The summed E-state index contributed by atoms with van der Waals surface area (Å²) >= 11 is -2.99. The summed E-state index contributed by atoms with van der Waals surface area (Å²) in [4.78, 5) is 0. The van der Waals surface area contributed by atoms with Gasteiger partial charge in [0.25, 0.3) is 0 Å². The van der Waals surface area contributed by atoms with Crippen LogP contribution in [0, 0.1) is 57.7 Å². The van der Waals surface area contributed by atoms with Gasteiger partial charge in [0.05, 0.1) is 0 Å². The van der Waals surface area contributed by atoms with Crippen LogP contribution in [0.2, 0.25) is 3.63 Å². The zero-order valence-corrected chi connectivity index (χ0v) is 37.7. The van der Waals surface area contributed by atoms with Gasteiger partial charge >= 0.3 is 319 Å². The zero-order valence-electron chi connectivity index (χ0n) is 33.7. The largest absolute Gasteiger partial charge is 1.00 e. The van der Waals surface area contributed by atoms with E-state index in [4.69, 9.17) is 0 Å². The Morgan fingerprint density at radius 1 is 0.604 bits per heavy atom. The Kier molecular flexibility index (Phi) is 10.0. The predicted molar refractivity (Wildman–Crippen MR) is 215 cm³/mol. The molecule has 0 nitrogen and oxygen atoms in total. The van der Waals surface area contributed by atoms with Gasteiger partial charge in [-0.1, -0.05) is 0 Å². The van der Waals surface area contributed by atoms with E-state index in [1.807, 2.05) is 0 Å². The molecule has 0 aliphatic heterocycles. The Morgan fingerprint density at radius 3 is 1.57 bits per heavy atom. The molecule has 53 heavy (non-hydrogen) atoms. The van der Waals surface area contributed by atoms with Gasteiger partial charge in [-0.3, -0.25) is 0 Å². The molecule has 2 aromatic carbocycles. The molecule has 6 aliphatic carbocycles. The minimum atomic E-state index is -2.99. The van der Waals surface area contributed by atoms with Gasteiger partial charge in [0, 0.05) is 0 Å². The third-order valence-electron chi connectivity index (χ3n) is 17.3. The van der Waals surface area contributed by atoms with Crippen LogP contribution in [0.4, 0.5) is 0 Å². The Balaban J connectivity index is 0.00000240. The average molecular weight is 821 g/mol. The number of hydrogen-bond donors (Lipinski definition) is 0. The monoisotopic (exact) mass is 818 g/mol. The van der Waals surface area contributed by atoms with Crippen molar-refractivity contribution in [3.05, 3.63) is 164 Å². The molecule has 0 aromatic heterocycles. The van der Waals surface area contributed by atoms with Crippen LogP contribution in [-0.4, -0.2) is 3.21 Å². The molecule has 0 amide bonds. The van der Waals surface area contributed by atoms with Gasteiger partial charge in [-0.05, 0) is 0 Å². The van der Waals surface area contributed by atoms with Gasteiger partial charge in [-0.25, -0.2) is 0 Å². The summed E-state index contributed by atoms with van der Waals surface area (Å²) < 4.78 is 3.98. The quantitative estimate of drug-likeness (QED) is 0.313. The predicted octanol–water partition coefficient (Wildman–Crippen LogP) is 6.98. The van der Waals surface area contributed by atoms with Crippen molar-refractivity contribution in [1.29, 1.82) is 0 Å². The van der Waals surface area contributed by atoms with E-state index in [2.05, 4.69) is 204 Å². The van der Waals surface area contributed by atoms with E-state index in [1.54, 1.807) is 12.1 Å². The maximum absolute atomic E-state index is 2.99. The van der Waals surface area contributed by atoms with Crippen molar-refractivity contribution in [3.63, 3.8) is 0 Å². The molecule has 276 valence electrons. The Hall–Kier alpha value is -2.31. The first-order valence-corrected chi connectivity index (χ1v) is 23.3. The molecule has 2 fully saturated rings. The van der Waals surface area contributed by atoms with Crippen LogP contribution >= 0.6 is 0 Å². The molecular weight excluding hydrogens is 763 g/mol. The molecule has 3 heteroatoms. The van der Waals surface area contributed by atoms with Gasteiger partial charge in [-0.15, -0.1) is 0 Å². The molecule has 8 rings (SSSR count). The number of allylic oxidation sites excluding steroid dienone is 16. The van der Waals surface area contributed by atoms with Gasteiger partial charge in [0.2, 0.25) is 0 Å². The van der Waals surface area contributed by atoms with Gasteiger partial charge in [0.1, 0.15) is 0 Å². The van der Waals surface area contributed by atoms with E-state index in [0.717, 1.165) is 6.42 Å². The number of benzene rings is 2. The number of aryl methyl sites for hydroxylation is 2. The van der Waals surface area contributed by atoms with E-state index < -0.39 is 21.3 Å². The van der Waals surface area contributed by atoms with E-state index in [0.29, 0.717) is 9.54 Å². The van der Waals surface area contributed by atoms with Gasteiger partial charge in [0.15, 0.2) is 0 Å². The molecule has 0 bridgehead atoms. The fourth-order valence-corrected chi connectivity index (χ4v) is 25.3. The third kappa shape index (κ3) is 4.60. The van der Waals surface area contributed by atoms with Gasteiger partial charge < -0.3 is 24.8 Å². The molecule has 9 atom stereocenters. The number of fused-ring (bicyclic) bond motifs is 8. The minimum absolute atomic E-state index is 0. The smallest absolute Gasteiger partial charge is 1.00 e. The summed E-state index contributed by atoms with van der Waals surface area (Å²) in [7, 11) is 0. The van der Waals surface area contributed by atoms with Crippen LogP contribution in [0.15, 0.2) is 142 Å². The van der Waals surface area contributed by atoms with E-state index in [1.165, 1.54) is 27.8 Å². The first-order valence-electron chi connectivity index (χ1n) is 19.4. The minimum Gasteiger partial charge on any atom is -1.00 e. The molecule has 6 aliphatic rings. The first-order chi connectivity index (χ1) is 24.1. The Labute approximate surface area is 341 Å². The second-order valence-electron chi connectivity index (χ2n) is 18.3. The molecule has 0 spiro atoms. The second kappa shape index (κ2) is 13.1. The molecule has 9 unspecified atom stereocenters. The molecule has 2 saturated carbocycles. The van der Waals surface area contributed by atoms with Crippen molar-refractivity contribution in [3.8, 4) is 0 Å². The standard InChI is InChI=1S/C29H37.C15H14.C6H7.2ClH.Zr/c1-21-14-13-15-22-20-27(6)25(4)18-10-9-16-23(25,2)24(3)17-11-12-19-26(24,5)29(27,8)28(21,22)7;1-12-3-7-14(8-4-12)11-15-9-5-13(2)6-10-15;1-6-4-2-3-5-6;;;/h9-20,22H,1-8H3;3-10H,1-2H3;2,4H,3H2,1H3;2*1H;/q;;;;;+2/p-2. The summed E-state index contributed by atoms with van der Waals surface area (Å²) in [6, 6.07) is 19.3. The summed E-state index contributed by atoms with van der Waals surface area (Å²) in [6.45, 7) is 28.3. The van der Waals surface area contributed by atoms with Crippen molar-refractivity contribution in [2.45, 2.75) is 86.2 Å². The first kappa shape index (κ1) is 40.4. The maximum atomic E-state index is 2.82. The molecular formula is C50H58Cl2Zr. The summed E-state index contributed by atoms with van der Waals surface area (Å²) in [6.07, 6.45) is 33.8. The van der Waals surface area contributed by atoms with Crippen molar-refractivity contribution in [2.75, 3.05) is 0 Å². The van der Waals surface area contributed by atoms with Crippen molar-refractivity contribution < 1.29 is 46.1 Å². The average Bonchev–Trinajstić information content (AvgIpc) is 3.60. The Bertz CT molecular complexity index is 2070. The molecule has 2 aromatic rings. The fourth-order valence-electron chi connectivity index (χ4n) is 13.6. The summed E-state index contributed by atoms with van der Waals surface area (Å²) in [5.74, 6) is 0.414. The summed E-state index contributed by atoms with van der Waals surface area (Å²) in [5, 5.41) is 0. The van der Waals surface area contributed by atoms with E-state index >= 15 is 0 Å². The van der Waals surface area contributed by atoms with Crippen LogP contribution in [0.3, 0.4) is 0 Å². The molecule has 0 heterocycles. The SMILES string of the molecule is CC1=CC=CC2[CH]([Zr+2]([C]3=C(C)C=CC3)=[C](c3ccc(C)cc3)c3ccc(C)cc3)C3(C)C4(C)C=CC=CC4(C)C4(C)C=CC=CC4(C)C3(C)C12C.[Cl-].[Cl-]. The van der Waals surface area contributed by atoms with Crippen molar-refractivity contribution in [1.82, 2.24) is 0 Å². The van der Waals surface area contributed by atoms with Crippen LogP contribution < -0.4 is 24.8 Å². The third-order valence-corrected chi connectivity index (χ3v) is 26.9. The van der Waals surface area contributed by atoms with E-state index in [9.17, 15) is 0 Å².